The summed E-state index contributed by atoms with van der Waals surface area (Å²) in [6, 6.07) is 16.1. The minimum absolute atomic E-state index is 0.0380. The molecule has 0 saturated heterocycles. The van der Waals surface area contributed by atoms with Crippen LogP contribution in [0.3, 0.4) is 0 Å². The highest BCUT2D eigenvalue weighted by Crippen LogP contribution is 2.34. The summed E-state index contributed by atoms with van der Waals surface area (Å²) >= 11 is 0. The van der Waals surface area contributed by atoms with E-state index in [2.05, 4.69) is 0 Å². The Hall–Kier alpha value is -6.23. The Morgan fingerprint density at radius 3 is 1.18 bits per heavy atom. The first-order valence-electron chi connectivity index (χ1n) is 13.2. The lowest BCUT2D eigenvalue weighted by Gasteiger charge is -2.17. The maximum atomic E-state index is 13.5. The largest absolute Gasteiger partial charge is 0.478 e. The van der Waals surface area contributed by atoms with Gasteiger partial charge in [0, 0.05) is 11.1 Å². The van der Waals surface area contributed by atoms with Crippen LogP contribution in [0.25, 0.3) is 0 Å². The zero-order valence-corrected chi connectivity index (χ0v) is 23.1. The lowest BCUT2D eigenvalue weighted by molar-refractivity contribution is 0.0686. The van der Waals surface area contributed by atoms with E-state index in [0.29, 0.717) is 11.1 Å². The third-order valence-electron chi connectivity index (χ3n) is 7.69. The van der Waals surface area contributed by atoms with Crippen molar-refractivity contribution in [3.05, 3.63) is 128 Å². The molecule has 4 aromatic rings. The van der Waals surface area contributed by atoms with Crippen LogP contribution in [0.1, 0.15) is 89.2 Å². The molecule has 44 heavy (non-hydrogen) atoms. The topological polar surface area (TPSA) is 166 Å². The van der Waals surface area contributed by atoms with Gasteiger partial charge in [-0.1, -0.05) is 24.3 Å². The smallest absolute Gasteiger partial charge is 0.335 e. The zero-order valence-electron chi connectivity index (χ0n) is 23.1. The molecule has 0 spiro atoms. The normalized spacial score (nSPS) is 13.8. The lowest BCUT2D eigenvalue weighted by atomic mass is 9.96. The number of carboxylic acids is 2. The van der Waals surface area contributed by atoms with Crippen molar-refractivity contribution in [2.75, 3.05) is 9.80 Å². The van der Waals surface area contributed by atoms with E-state index in [4.69, 9.17) is 0 Å². The monoisotopic (exact) mass is 588 g/mol. The van der Waals surface area contributed by atoms with E-state index in [1.165, 1.54) is 72.8 Å². The number of carboxylic acid groups (broad SMARTS) is 2. The highest BCUT2D eigenvalue weighted by molar-refractivity contribution is 6.36. The van der Waals surface area contributed by atoms with Gasteiger partial charge in [0.15, 0.2) is 5.78 Å². The molecule has 0 saturated carbocycles. The summed E-state index contributed by atoms with van der Waals surface area (Å²) in [5, 5.41) is 18.7. The Labute approximate surface area is 248 Å². The summed E-state index contributed by atoms with van der Waals surface area (Å²) in [5.41, 5.74) is 1.07. The molecule has 0 aromatic heterocycles. The number of nitrogens with zero attached hydrogens (tertiary/aromatic N) is 2. The van der Waals surface area contributed by atoms with E-state index >= 15 is 0 Å². The quantitative estimate of drug-likeness (QED) is 0.243. The van der Waals surface area contributed by atoms with Gasteiger partial charge in [-0.2, -0.15) is 0 Å². The summed E-state index contributed by atoms with van der Waals surface area (Å²) in [6.45, 7) is 3.26. The Balaban J connectivity index is 1.32. The number of aromatic carboxylic acids is 2. The van der Waals surface area contributed by atoms with Gasteiger partial charge in [0.25, 0.3) is 23.6 Å². The fraction of sp³-hybridized carbons (Fsp3) is 0.0606. The Kier molecular flexibility index (Phi) is 6.31. The van der Waals surface area contributed by atoms with E-state index in [1.807, 2.05) is 0 Å². The van der Waals surface area contributed by atoms with Crippen LogP contribution in [0.4, 0.5) is 11.4 Å². The third-order valence-corrected chi connectivity index (χ3v) is 7.69. The Bertz CT molecular complexity index is 1920. The number of amides is 4. The molecule has 11 nitrogen and oxygen atoms in total. The van der Waals surface area contributed by atoms with Crippen LogP contribution in [-0.2, 0) is 0 Å². The highest BCUT2D eigenvalue weighted by Gasteiger charge is 2.40. The minimum Gasteiger partial charge on any atom is -0.478 e. The molecule has 11 heteroatoms. The SMILES string of the molecule is Cc1ccc(C(=O)O)cc1N1C(=O)c2ccc(C(=O)c3ccc4c(c3)C(=O)N(c3cc(C(=O)O)ccc3C)C4=O)cc2C1=O. The third kappa shape index (κ3) is 4.18. The number of hydrogen-bond donors (Lipinski definition) is 2. The maximum absolute atomic E-state index is 13.5. The number of benzene rings is 4. The van der Waals surface area contributed by atoms with Crippen molar-refractivity contribution in [1.29, 1.82) is 0 Å². The fourth-order valence-electron chi connectivity index (χ4n) is 5.34. The molecule has 4 aromatic carbocycles. The molecule has 0 aliphatic carbocycles. The molecule has 2 aliphatic rings. The number of anilines is 2. The Morgan fingerprint density at radius 2 is 0.818 bits per heavy atom. The number of ketones is 1. The Morgan fingerprint density at radius 1 is 0.477 bits per heavy atom. The van der Waals surface area contributed by atoms with Gasteiger partial charge >= 0.3 is 11.9 Å². The van der Waals surface area contributed by atoms with E-state index in [-0.39, 0.29) is 55.9 Å². The number of imide groups is 2. The molecule has 2 heterocycles. The molecule has 216 valence electrons. The molecule has 0 atom stereocenters. The molecular formula is C33H20N2O9. The second-order valence-corrected chi connectivity index (χ2v) is 10.4. The predicted octanol–water partition coefficient (Wildman–Crippen LogP) is 4.53. The highest BCUT2D eigenvalue weighted by atomic mass is 16.4. The number of carbonyl (C=O) groups excluding carboxylic acids is 5. The van der Waals surface area contributed by atoms with Crippen LogP contribution < -0.4 is 9.80 Å². The van der Waals surface area contributed by atoms with Crippen LogP contribution in [0.2, 0.25) is 0 Å². The van der Waals surface area contributed by atoms with Gasteiger partial charge in [-0.25, -0.2) is 19.4 Å². The summed E-state index contributed by atoms with van der Waals surface area (Å²) in [6.07, 6.45) is 0. The van der Waals surface area contributed by atoms with Gasteiger partial charge in [-0.05, 0) is 73.5 Å². The van der Waals surface area contributed by atoms with Crippen molar-refractivity contribution in [1.82, 2.24) is 0 Å². The van der Waals surface area contributed by atoms with Crippen molar-refractivity contribution in [2.45, 2.75) is 13.8 Å². The second-order valence-electron chi connectivity index (χ2n) is 10.4. The maximum Gasteiger partial charge on any atom is 0.335 e. The van der Waals surface area contributed by atoms with E-state index in [1.54, 1.807) is 13.8 Å². The average molecular weight is 589 g/mol. The van der Waals surface area contributed by atoms with Crippen molar-refractivity contribution >= 4 is 52.7 Å². The molecule has 4 amide bonds. The van der Waals surface area contributed by atoms with Gasteiger partial charge in [0.2, 0.25) is 0 Å². The van der Waals surface area contributed by atoms with E-state index < -0.39 is 41.4 Å². The van der Waals surface area contributed by atoms with Gasteiger partial charge in [-0.3, -0.25) is 24.0 Å². The van der Waals surface area contributed by atoms with Crippen LogP contribution in [0.15, 0.2) is 72.8 Å². The first-order chi connectivity index (χ1) is 20.9. The molecule has 2 aliphatic heterocycles. The van der Waals surface area contributed by atoms with Crippen LogP contribution in [0, 0.1) is 13.8 Å². The minimum atomic E-state index is -1.22. The average Bonchev–Trinajstić information content (AvgIpc) is 3.40. The predicted molar refractivity (Wildman–Crippen MR) is 155 cm³/mol. The number of aryl methyl sites for hydroxylation is 2. The second kappa shape index (κ2) is 9.95. The van der Waals surface area contributed by atoms with E-state index in [0.717, 1.165) is 9.80 Å². The number of fused-ring (bicyclic) bond motifs is 2. The molecule has 0 fully saturated rings. The summed E-state index contributed by atoms with van der Waals surface area (Å²) < 4.78 is 0. The van der Waals surface area contributed by atoms with Crippen molar-refractivity contribution in [3.63, 3.8) is 0 Å². The molecule has 0 bridgehead atoms. The molecule has 0 unspecified atom stereocenters. The molecule has 6 rings (SSSR count). The van der Waals surface area contributed by atoms with Gasteiger partial charge < -0.3 is 10.2 Å². The first-order valence-corrected chi connectivity index (χ1v) is 13.2. The zero-order chi connectivity index (χ0) is 31.6. The van der Waals surface area contributed by atoms with Gasteiger partial charge in [0.1, 0.15) is 0 Å². The summed E-state index contributed by atoms with van der Waals surface area (Å²) in [4.78, 5) is 91.3. The summed E-state index contributed by atoms with van der Waals surface area (Å²) in [7, 11) is 0. The number of carbonyl (C=O) groups is 7. The lowest BCUT2D eigenvalue weighted by Crippen LogP contribution is -2.30. The van der Waals surface area contributed by atoms with Crippen LogP contribution in [0.5, 0.6) is 0 Å². The van der Waals surface area contributed by atoms with Crippen molar-refractivity contribution in [2.24, 2.45) is 0 Å². The van der Waals surface area contributed by atoms with Crippen molar-refractivity contribution < 1.29 is 43.8 Å². The fourth-order valence-corrected chi connectivity index (χ4v) is 5.34. The first kappa shape index (κ1) is 27.9. The summed E-state index contributed by atoms with van der Waals surface area (Å²) in [5.74, 6) is -5.82. The van der Waals surface area contributed by atoms with Gasteiger partial charge in [0.05, 0.1) is 44.8 Å². The van der Waals surface area contributed by atoms with Crippen LogP contribution >= 0.6 is 0 Å². The molecular weight excluding hydrogens is 568 g/mol. The molecule has 2 N–H and O–H groups in total. The number of hydrogen-bond acceptors (Lipinski definition) is 7. The van der Waals surface area contributed by atoms with E-state index in [9.17, 15) is 43.8 Å². The van der Waals surface area contributed by atoms with Crippen LogP contribution in [-0.4, -0.2) is 51.6 Å². The number of rotatable bonds is 6. The van der Waals surface area contributed by atoms with Gasteiger partial charge in [-0.15, -0.1) is 0 Å². The molecule has 0 radical (unpaired) electrons. The standard InChI is InChI=1S/C33H20N2O9/c1-15-3-5-19(32(41)42)13-25(15)34-28(37)21-9-7-17(11-23(21)30(34)39)27(36)18-8-10-22-24(12-18)31(40)35(29(22)38)26-14-20(33(43)44)6-4-16(26)2/h3-14H,1-2H3,(H,41,42)(H,43,44). The van der Waals surface area contributed by atoms with Crippen molar-refractivity contribution in [3.8, 4) is 0 Å².